The smallest absolute Gasteiger partial charge is 0.336 e. The molecule has 2 heterocycles. The van der Waals surface area contributed by atoms with E-state index >= 15 is 0 Å². The molecular formula is C24H25ClN4O3. The van der Waals surface area contributed by atoms with Crippen LogP contribution in [0.25, 0.3) is 10.9 Å². The molecule has 0 aliphatic carbocycles. The predicted octanol–water partition coefficient (Wildman–Crippen LogP) is 4.57. The number of halogens is 1. The van der Waals surface area contributed by atoms with E-state index < -0.39 is 5.97 Å². The lowest BCUT2D eigenvalue weighted by Gasteiger charge is -2.37. The summed E-state index contributed by atoms with van der Waals surface area (Å²) in [4.78, 5) is 32.8. The van der Waals surface area contributed by atoms with Gasteiger partial charge >= 0.3 is 5.97 Å². The molecule has 1 aliphatic rings. The number of nitrogens with one attached hydrogen (secondary N) is 1. The van der Waals surface area contributed by atoms with Crippen molar-refractivity contribution in [3.05, 3.63) is 58.6 Å². The molecule has 0 bridgehead atoms. The Morgan fingerprint density at radius 1 is 1.06 bits per heavy atom. The fraction of sp³-hybridized carbons (Fsp3) is 0.292. The molecule has 166 valence electrons. The van der Waals surface area contributed by atoms with E-state index in [1.165, 1.54) is 5.56 Å². The number of hydrogen-bond donors (Lipinski definition) is 2. The molecule has 7 nitrogen and oxygen atoms in total. The molecule has 1 amide bonds. The standard InChI is InChI=1S/C24H25ClN4O3/c1-3-23(30)26-17-6-7-20-18(13-17)19(24(31)32)14-22(27-20)29-10-8-28(9-11-29)21-12-16(25)5-4-15(21)2/h4-7,12-14H,3,8-11H2,1-2H3,(H,26,30)(H,31,32). The van der Waals surface area contributed by atoms with Crippen LogP contribution in [0, 0.1) is 6.92 Å². The normalized spacial score (nSPS) is 14.0. The number of piperazine rings is 1. The fourth-order valence-corrected chi connectivity index (χ4v) is 4.14. The first-order valence-corrected chi connectivity index (χ1v) is 11.0. The molecule has 32 heavy (non-hydrogen) atoms. The van der Waals surface area contributed by atoms with Gasteiger partial charge in [-0.2, -0.15) is 0 Å². The van der Waals surface area contributed by atoms with Crippen molar-refractivity contribution < 1.29 is 14.7 Å². The number of aryl methyl sites for hydroxylation is 1. The highest BCUT2D eigenvalue weighted by atomic mass is 35.5. The second kappa shape index (κ2) is 9.04. The molecule has 0 unspecified atom stereocenters. The maximum absolute atomic E-state index is 12.0. The summed E-state index contributed by atoms with van der Waals surface area (Å²) in [6.07, 6.45) is 0.349. The molecule has 1 aliphatic heterocycles. The minimum absolute atomic E-state index is 0.126. The van der Waals surface area contributed by atoms with Crippen LogP contribution in [-0.4, -0.2) is 48.1 Å². The topological polar surface area (TPSA) is 85.8 Å². The van der Waals surface area contributed by atoms with Gasteiger partial charge in [-0.15, -0.1) is 0 Å². The van der Waals surface area contributed by atoms with E-state index in [-0.39, 0.29) is 11.5 Å². The highest BCUT2D eigenvalue weighted by molar-refractivity contribution is 6.30. The zero-order valence-electron chi connectivity index (χ0n) is 18.1. The molecule has 2 N–H and O–H groups in total. The number of aromatic carboxylic acids is 1. The van der Waals surface area contributed by atoms with Gasteiger partial charge in [0.15, 0.2) is 0 Å². The van der Waals surface area contributed by atoms with Crippen molar-refractivity contribution in [3.8, 4) is 0 Å². The average Bonchev–Trinajstić information content (AvgIpc) is 2.80. The number of pyridine rings is 1. The molecule has 1 aromatic heterocycles. The maximum Gasteiger partial charge on any atom is 0.336 e. The van der Waals surface area contributed by atoms with Crippen LogP contribution in [0.4, 0.5) is 17.2 Å². The predicted molar refractivity (Wildman–Crippen MR) is 128 cm³/mol. The summed E-state index contributed by atoms with van der Waals surface area (Å²) in [5.41, 5.74) is 3.61. The van der Waals surface area contributed by atoms with Gasteiger partial charge in [0.1, 0.15) is 5.82 Å². The van der Waals surface area contributed by atoms with Gasteiger partial charge in [-0.3, -0.25) is 4.79 Å². The number of anilines is 3. The maximum atomic E-state index is 12.0. The third-order valence-corrected chi connectivity index (χ3v) is 5.98. The van der Waals surface area contributed by atoms with Gasteiger partial charge < -0.3 is 20.2 Å². The molecule has 2 aromatic carbocycles. The van der Waals surface area contributed by atoms with Crippen LogP contribution >= 0.6 is 11.6 Å². The minimum atomic E-state index is -1.02. The summed E-state index contributed by atoms with van der Waals surface area (Å²) in [5, 5.41) is 13.8. The van der Waals surface area contributed by atoms with Crippen molar-refractivity contribution in [1.82, 2.24) is 4.98 Å². The average molecular weight is 453 g/mol. The van der Waals surface area contributed by atoms with Gasteiger partial charge in [-0.25, -0.2) is 9.78 Å². The first-order valence-electron chi connectivity index (χ1n) is 10.6. The molecule has 0 spiro atoms. The Hall–Kier alpha value is -3.32. The Labute approximate surface area is 191 Å². The second-order valence-electron chi connectivity index (χ2n) is 7.87. The van der Waals surface area contributed by atoms with E-state index in [1.54, 1.807) is 31.2 Å². The fourth-order valence-electron chi connectivity index (χ4n) is 3.98. The number of nitrogens with zero attached hydrogens (tertiary/aromatic N) is 3. The van der Waals surface area contributed by atoms with E-state index in [9.17, 15) is 14.7 Å². The highest BCUT2D eigenvalue weighted by Crippen LogP contribution is 2.29. The number of carboxylic acid groups (broad SMARTS) is 1. The van der Waals surface area contributed by atoms with Crippen molar-refractivity contribution in [2.75, 3.05) is 41.3 Å². The Morgan fingerprint density at radius 3 is 2.47 bits per heavy atom. The van der Waals surface area contributed by atoms with Crippen molar-refractivity contribution in [2.24, 2.45) is 0 Å². The molecule has 1 fully saturated rings. The first-order chi connectivity index (χ1) is 15.4. The van der Waals surface area contributed by atoms with E-state index in [0.717, 1.165) is 18.8 Å². The largest absolute Gasteiger partial charge is 0.478 e. The van der Waals surface area contributed by atoms with E-state index in [2.05, 4.69) is 22.0 Å². The minimum Gasteiger partial charge on any atom is -0.478 e. The third-order valence-electron chi connectivity index (χ3n) is 5.75. The van der Waals surface area contributed by atoms with Crippen LogP contribution in [0.2, 0.25) is 5.02 Å². The molecule has 0 atom stereocenters. The molecule has 3 aromatic rings. The summed E-state index contributed by atoms with van der Waals surface area (Å²) in [7, 11) is 0. The van der Waals surface area contributed by atoms with Gasteiger partial charge in [0, 0.05) is 54.4 Å². The Balaban J connectivity index is 1.59. The van der Waals surface area contributed by atoms with Crippen molar-refractivity contribution in [2.45, 2.75) is 20.3 Å². The van der Waals surface area contributed by atoms with Gasteiger partial charge in [0.25, 0.3) is 0 Å². The zero-order valence-corrected chi connectivity index (χ0v) is 18.8. The lowest BCUT2D eigenvalue weighted by molar-refractivity contribution is -0.115. The summed E-state index contributed by atoms with van der Waals surface area (Å²) in [6.45, 7) is 6.83. The first kappa shape index (κ1) is 21.9. The van der Waals surface area contributed by atoms with E-state index in [0.29, 0.717) is 46.9 Å². The van der Waals surface area contributed by atoms with Crippen LogP contribution in [0.1, 0.15) is 29.3 Å². The van der Waals surface area contributed by atoms with Crippen molar-refractivity contribution >= 4 is 51.6 Å². The number of carbonyl (C=O) groups is 2. The molecule has 0 saturated carbocycles. The molecule has 0 radical (unpaired) electrons. The van der Waals surface area contributed by atoms with Crippen molar-refractivity contribution in [1.29, 1.82) is 0 Å². The summed E-state index contributed by atoms with van der Waals surface area (Å²) >= 11 is 6.18. The number of carbonyl (C=O) groups excluding carboxylic acids is 1. The van der Waals surface area contributed by atoms with E-state index in [1.807, 2.05) is 18.2 Å². The summed E-state index contributed by atoms with van der Waals surface area (Å²) in [5.74, 6) is -0.507. The van der Waals surface area contributed by atoms with Gasteiger partial charge in [-0.1, -0.05) is 24.6 Å². The number of benzene rings is 2. The summed E-state index contributed by atoms with van der Waals surface area (Å²) in [6, 6.07) is 12.7. The molecule has 8 heteroatoms. The molecule has 1 saturated heterocycles. The van der Waals surface area contributed by atoms with Crippen LogP contribution in [0.15, 0.2) is 42.5 Å². The van der Waals surface area contributed by atoms with E-state index in [4.69, 9.17) is 16.6 Å². The van der Waals surface area contributed by atoms with Crippen LogP contribution in [-0.2, 0) is 4.79 Å². The quantitative estimate of drug-likeness (QED) is 0.589. The second-order valence-corrected chi connectivity index (χ2v) is 8.31. The molecule has 4 rings (SSSR count). The number of fused-ring (bicyclic) bond motifs is 1. The van der Waals surface area contributed by atoms with Crippen molar-refractivity contribution in [3.63, 3.8) is 0 Å². The van der Waals surface area contributed by atoms with Gasteiger partial charge in [-0.05, 0) is 48.9 Å². The van der Waals surface area contributed by atoms with Gasteiger partial charge in [0.2, 0.25) is 5.91 Å². The van der Waals surface area contributed by atoms with Crippen LogP contribution in [0.5, 0.6) is 0 Å². The highest BCUT2D eigenvalue weighted by Gasteiger charge is 2.22. The SMILES string of the molecule is CCC(=O)Nc1ccc2nc(N3CCN(c4cc(Cl)ccc4C)CC3)cc(C(=O)O)c2c1. The summed E-state index contributed by atoms with van der Waals surface area (Å²) < 4.78 is 0. The number of carboxylic acids is 1. The Morgan fingerprint density at radius 2 is 1.78 bits per heavy atom. The van der Waals surface area contributed by atoms with Gasteiger partial charge in [0.05, 0.1) is 11.1 Å². The van der Waals surface area contributed by atoms with Crippen LogP contribution < -0.4 is 15.1 Å². The zero-order chi connectivity index (χ0) is 22.8. The lowest BCUT2D eigenvalue weighted by Crippen LogP contribution is -2.47. The van der Waals surface area contributed by atoms with Crippen LogP contribution in [0.3, 0.4) is 0 Å². The monoisotopic (exact) mass is 452 g/mol. The lowest BCUT2D eigenvalue weighted by atomic mass is 10.1. The number of rotatable bonds is 5. The Bertz CT molecular complexity index is 1190. The number of amides is 1. The Kier molecular flexibility index (Phi) is 6.19. The molecular weight excluding hydrogens is 428 g/mol. The third kappa shape index (κ3) is 4.48. The number of hydrogen-bond acceptors (Lipinski definition) is 5. The number of aromatic nitrogens is 1.